The van der Waals surface area contributed by atoms with Gasteiger partial charge in [-0.2, -0.15) is 0 Å². The lowest BCUT2D eigenvalue weighted by Crippen LogP contribution is -2.24. The van der Waals surface area contributed by atoms with Gasteiger partial charge in [0.1, 0.15) is 5.76 Å². The molecular weight excluding hydrogens is 234 g/mol. The highest BCUT2D eigenvalue weighted by Gasteiger charge is 2.17. The summed E-state index contributed by atoms with van der Waals surface area (Å²) in [5.41, 5.74) is 2.43. The lowest BCUT2D eigenvalue weighted by Gasteiger charge is -2.22. The molecular formula is C17H21NO. The van der Waals surface area contributed by atoms with Crippen molar-refractivity contribution in [3.8, 4) is 0 Å². The van der Waals surface area contributed by atoms with Gasteiger partial charge < -0.3 is 9.73 Å². The Hall–Kier alpha value is -1.80. The Kier molecular flexibility index (Phi) is 4.58. The van der Waals surface area contributed by atoms with Crippen LogP contribution in [0.3, 0.4) is 0 Å². The van der Waals surface area contributed by atoms with Crippen LogP contribution in [0, 0.1) is 0 Å². The van der Waals surface area contributed by atoms with Gasteiger partial charge in [-0.15, -0.1) is 6.58 Å². The number of benzene rings is 1. The summed E-state index contributed by atoms with van der Waals surface area (Å²) in [7, 11) is 0. The number of nitrogens with one attached hydrogen (secondary N) is 1. The fourth-order valence-corrected chi connectivity index (χ4v) is 2.22. The second-order valence-corrected chi connectivity index (χ2v) is 5.03. The largest absolute Gasteiger partial charge is 0.468 e. The maximum atomic E-state index is 5.53. The molecule has 0 amide bonds. The van der Waals surface area contributed by atoms with Gasteiger partial charge >= 0.3 is 0 Å². The van der Waals surface area contributed by atoms with Crippen LogP contribution in [0.15, 0.2) is 65.3 Å². The highest BCUT2D eigenvalue weighted by atomic mass is 16.3. The van der Waals surface area contributed by atoms with Gasteiger partial charge in [-0.05, 0) is 38.0 Å². The van der Waals surface area contributed by atoms with E-state index in [2.05, 4.69) is 43.1 Å². The van der Waals surface area contributed by atoms with Crippen LogP contribution in [0.5, 0.6) is 0 Å². The van der Waals surface area contributed by atoms with Gasteiger partial charge in [-0.3, -0.25) is 0 Å². The van der Waals surface area contributed by atoms with E-state index in [9.17, 15) is 0 Å². The Morgan fingerprint density at radius 2 is 1.95 bits per heavy atom. The van der Waals surface area contributed by atoms with Crippen LogP contribution in [-0.2, 0) is 0 Å². The summed E-state index contributed by atoms with van der Waals surface area (Å²) < 4.78 is 5.53. The Balaban J connectivity index is 2.10. The van der Waals surface area contributed by atoms with E-state index in [4.69, 9.17) is 4.42 Å². The first-order chi connectivity index (χ1) is 9.16. The third kappa shape index (κ3) is 3.83. The van der Waals surface area contributed by atoms with Crippen LogP contribution >= 0.6 is 0 Å². The van der Waals surface area contributed by atoms with Crippen molar-refractivity contribution in [2.45, 2.75) is 32.4 Å². The van der Waals surface area contributed by atoms with Crippen LogP contribution in [0.25, 0.3) is 0 Å². The van der Waals surface area contributed by atoms with E-state index in [0.717, 1.165) is 17.8 Å². The molecule has 2 nitrogen and oxygen atoms in total. The Labute approximate surface area is 115 Å². The summed E-state index contributed by atoms with van der Waals surface area (Å²) in [5.74, 6) is 0.964. The second kappa shape index (κ2) is 6.39. The van der Waals surface area contributed by atoms with Crippen molar-refractivity contribution in [1.29, 1.82) is 0 Å². The van der Waals surface area contributed by atoms with E-state index in [1.54, 1.807) is 6.26 Å². The molecule has 0 radical (unpaired) electrons. The van der Waals surface area contributed by atoms with E-state index >= 15 is 0 Å². The van der Waals surface area contributed by atoms with Crippen molar-refractivity contribution in [3.63, 3.8) is 0 Å². The van der Waals surface area contributed by atoms with Crippen molar-refractivity contribution in [3.05, 3.63) is 72.2 Å². The topological polar surface area (TPSA) is 25.2 Å². The fourth-order valence-electron chi connectivity index (χ4n) is 2.22. The molecule has 0 saturated heterocycles. The summed E-state index contributed by atoms with van der Waals surface area (Å²) in [4.78, 5) is 0. The molecule has 1 heterocycles. The quantitative estimate of drug-likeness (QED) is 0.761. The van der Waals surface area contributed by atoms with E-state index in [1.807, 2.05) is 25.1 Å². The van der Waals surface area contributed by atoms with Crippen LogP contribution in [0.4, 0.5) is 0 Å². The highest BCUT2D eigenvalue weighted by molar-refractivity contribution is 5.19. The van der Waals surface area contributed by atoms with Gasteiger partial charge in [-0.1, -0.05) is 35.9 Å². The molecule has 2 unspecified atom stereocenters. The molecule has 100 valence electrons. The number of rotatable bonds is 6. The molecule has 2 aromatic rings. The van der Waals surface area contributed by atoms with E-state index in [-0.39, 0.29) is 12.1 Å². The van der Waals surface area contributed by atoms with Gasteiger partial charge in [-0.25, -0.2) is 0 Å². The summed E-state index contributed by atoms with van der Waals surface area (Å²) in [6.07, 6.45) is 2.60. The first-order valence-electron chi connectivity index (χ1n) is 6.65. The zero-order valence-electron chi connectivity index (χ0n) is 11.6. The highest BCUT2D eigenvalue weighted by Crippen LogP contribution is 2.24. The summed E-state index contributed by atoms with van der Waals surface area (Å²) in [5, 5.41) is 3.61. The fraction of sp³-hybridized carbons (Fsp3) is 0.294. The third-order valence-corrected chi connectivity index (χ3v) is 3.19. The average molecular weight is 255 g/mol. The second-order valence-electron chi connectivity index (χ2n) is 5.03. The predicted octanol–water partition coefficient (Wildman–Crippen LogP) is 4.64. The molecule has 1 aromatic carbocycles. The lowest BCUT2D eigenvalue weighted by atomic mass is 10.0. The van der Waals surface area contributed by atoms with Gasteiger partial charge in [0.15, 0.2) is 0 Å². The molecule has 0 aliphatic heterocycles. The molecule has 0 aliphatic carbocycles. The van der Waals surface area contributed by atoms with Crippen molar-refractivity contribution in [2.24, 2.45) is 0 Å². The van der Waals surface area contributed by atoms with Crippen LogP contribution < -0.4 is 5.32 Å². The number of furan rings is 1. The standard InChI is InChI=1S/C17H21NO/c1-13(2)12-16(17-10-7-11-19-17)18-14(3)15-8-5-4-6-9-15/h4-11,14,16,18H,1,12H2,2-3H3. The SMILES string of the molecule is C=C(C)CC(NC(C)c1ccccc1)c1ccco1. The molecule has 19 heavy (non-hydrogen) atoms. The third-order valence-electron chi connectivity index (χ3n) is 3.19. The van der Waals surface area contributed by atoms with Crippen LogP contribution in [0.2, 0.25) is 0 Å². The van der Waals surface area contributed by atoms with E-state index in [0.29, 0.717) is 0 Å². The van der Waals surface area contributed by atoms with Crippen molar-refractivity contribution in [2.75, 3.05) is 0 Å². The molecule has 2 rings (SSSR count). The maximum Gasteiger partial charge on any atom is 0.121 e. The van der Waals surface area contributed by atoms with Gasteiger partial charge in [0.25, 0.3) is 0 Å². The molecule has 1 N–H and O–H groups in total. The Bertz CT molecular complexity index is 501. The average Bonchev–Trinajstić information content (AvgIpc) is 2.92. The monoisotopic (exact) mass is 255 g/mol. The normalized spacial score (nSPS) is 14.0. The van der Waals surface area contributed by atoms with Crippen LogP contribution in [-0.4, -0.2) is 0 Å². The Morgan fingerprint density at radius 1 is 1.21 bits per heavy atom. The summed E-state index contributed by atoms with van der Waals surface area (Å²) in [6.45, 7) is 8.22. The smallest absolute Gasteiger partial charge is 0.121 e. The number of hydrogen-bond donors (Lipinski definition) is 1. The minimum absolute atomic E-state index is 0.169. The van der Waals surface area contributed by atoms with Crippen molar-refractivity contribution < 1.29 is 4.42 Å². The molecule has 1 aromatic heterocycles. The zero-order valence-corrected chi connectivity index (χ0v) is 11.6. The molecule has 0 fully saturated rings. The first kappa shape index (κ1) is 13.6. The molecule has 0 saturated carbocycles. The lowest BCUT2D eigenvalue weighted by molar-refractivity contribution is 0.381. The maximum absolute atomic E-state index is 5.53. The molecule has 0 bridgehead atoms. The molecule has 2 atom stereocenters. The first-order valence-corrected chi connectivity index (χ1v) is 6.65. The number of hydrogen-bond acceptors (Lipinski definition) is 2. The molecule has 2 heteroatoms. The Morgan fingerprint density at radius 3 is 2.53 bits per heavy atom. The molecule has 0 aliphatic rings. The molecule has 0 spiro atoms. The van der Waals surface area contributed by atoms with Crippen LogP contribution in [0.1, 0.15) is 43.7 Å². The van der Waals surface area contributed by atoms with Crippen molar-refractivity contribution >= 4 is 0 Å². The zero-order chi connectivity index (χ0) is 13.7. The minimum Gasteiger partial charge on any atom is -0.468 e. The minimum atomic E-state index is 0.169. The van der Waals surface area contributed by atoms with Gasteiger partial charge in [0, 0.05) is 6.04 Å². The van der Waals surface area contributed by atoms with E-state index in [1.165, 1.54) is 5.56 Å². The van der Waals surface area contributed by atoms with Crippen molar-refractivity contribution in [1.82, 2.24) is 5.32 Å². The van der Waals surface area contributed by atoms with Gasteiger partial charge in [0.2, 0.25) is 0 Å². The predicted molar refractivity (Wildman–Crippen MR) is 78.9 cm³/mol. The van der Waals surface area contributed by atoms with E-state index < -0.39 is 0 Å². The summed E-state index contributed by atoms with van der Waals surface area (Å²) in [6, 6.07) is 14.8. The van der Waals surface area contributed by atoms with Gasteiger partial charge in [0.05, 0.1) is 12.3 Å². The summed E-state index contributed by atoms with van der Waals surface area (Å²) >= 11 is 0.